The van der Waals surface area contributed by atoms with Crippen LogP contribution in [0.4, 0.5) is 0 Å². The first-order valence-corrected chi connectivity index (χ1v) is 11.9. The quantitative estimate of drug-likeness (QED) is 0.775. The molecule has 1 aliphatic heterocycles. The van der Waals surface area contributed by atoms with Crippen molar-refractivity contribution in [3.8, 4) is 0 Å². The summed E-state index contributed by atoms with van der Waals surface area (Å²) >= 11 is 0. The van der Waals surface area contributed by atoms with Gasteiger partial charge in [-0.2, -0.15) is 4.31 Å². The zero-order valence-electron chi connectivity index (χ0n) is 17.4. The van der Waals surface area contributed by atoms with Gasteiger partial charge in [-0.05, 0) is 32.6 Å². The monoisotopic (exact) mass is 432 g/mol. The molecular formula is C20H28N6O3S. The number of aryl methyl sites for hydroxylation is 2. The summed E-state index contributed by atoms with van der Waals surface area (Å²) in [6, 6.07) is -0.358. The minimum Gasteiger partial charge on any atom is -0.349 e. The maximum Gasteiger partial charge on any atom is 0.262 e. The highest BCUT2D eigenvalue weighted by atomic mass is 32.2. The summed E-state index contributed by atoms with van der Waals surface area (Å²) in [6.45, 7) is 2.12. The van der Waals surface area contributed by atoms with Crippen LogP contribution in [0.15, 0.2) is 23.7 Å². The van der Waals surface area contributed by atoms with Crippen LogP contribution in [0.2, 0.25) is 0 Å². The van der Waals surface area contributed by atoms with E-state index in [9.17, 15) is 13.2 Å². The van der Waals surface area contributed by atoms with Crippen LogP contribution < -0.4 is 5.32 Å². The molecule has 4 rings (SSSR count). The topological polar surface area (TPSA) is 110 Å². The van der Waals surface area contributed by atoms with Crippen molar-refractivity contribution in [2.45, 2.75) is 69.0 Å². The molecule has 2 aromatic rings. The molecule has 0 spiro atoms. The molecule has 2 aromatic heterocycles. The fraction of sp³-hybridized carbons (Fsp3) is 0.600. The molecular weight excluding hydrogens is 404 g/mol. The number of imidazole rings is 1. The standard InChI is InChI=1S/C20H28N6O3S/c1-14-21-11-16(20(27)24-15-7-4-3-5-8-15)19(23-14)17-9-6-10-26(17)30(28,29)18-12-25(2)13-22-18/h11-13,15,17H,3-10H2,1-2H3,(H,24,27)/t17-/m1/s1. The van der Waals surface area contributed by atoms with Crippen LogP contribution in [0.1, 0.15) is 72.9 Å². The number of rotatable bonds is 5. The molecule has 1 saturated heterocycles. The molecule has 0 unspecified atom stereocenters. The molecule has 1 saturated carbocycles. The first-order chi connectivity index (χ1) is 14.4. The highest BCUT2D eigenvalue weighted by molar-refractivity contribution is 7.89. The molecule has 0 bridgehead atoms. The Hall–Kier alpha value is -2.33. The van der Waals surface area contributed by atoms with Crippen molar-refractivity contribution in [3.63, 3.8) is 0 Å². The molecule has 1 aliphatic carbocycles. The fourth-order valence-electron chi connectivity index (χ4n) is 4.37. The Morgan fingerprint density at radius 2 is 1.90 bits per heavy atom. The zero-order valence-corrected chi connectivity index (χ0v) is 18.2. The molecule has 0 radical (unpaired) electrons. The first-order valence-electron chi connectivity index (χ1n) is 10.5. The third-order valence-electron chi connectivity index (χ3n) is 5.90. The van der Waals surface area contributed by atoms with Gasteiger partial charge in [-0.25, -0.2) is 23.4 Å². The summed E-state index contributed by atoms with van der Waals surface area (Å²) in [5.41, 5.74) is 0.840. The molecule has 9 nitrogen and oxygen atoms in total. The molecule has 30 heavy (non-hydrogen) atoms. The van der Waals surface area contributed by atoms with Gasteiger partial charge < -0.3 is 9.88 Å². The molecule has 1 atom stereocenters. The second-order valence-electron chi connectivity index (χ2n) is 8.18. The van der Waals surface area contributed by atoms with E-state index in [2.05, 4.69) is 20.3 Å². The molecule has 3 heterocycles. The molecule has 2 aliphatic rings. The predicted molar refractivity (Wildman–Crippen MR) is 110 cm³/mol. The van der Waals surface area contributed by atoms with Crippen molar-refractivity contribution in [1.29, 1.82) is 0 Å². The predicted octanol–water partition coefficient (Wildman–Crippen LogP) is 2.11. The Morgan fingerprint density at radius 1 is 1.13 bits per heavy atom. The van der Waals surface area contributed by atoms with Crippen LogP contribution in [-0.4, -0.2) is 50.7 Å². The van der Waals surface area contributed by atoms with E-state index in [1.165, 1.54) is 29.4 Å². The average molecular weight is 433 g/mol. The van der Waals surface area contributed by atoms with Gasteiger partial charge in [0, 0.05) is 32.0 Å². The van der Waals surface area contributed by atoms with Crippen LogP contribution in [-0.2, 0) is 17.1 Å². The van der Waals surface area contributed by atoms with Gasteiger partial charge in [0.05, 0.1) is 23.6 Å². The van der Waals surface area contributed by atoms with Crippen molar-refractivity contribution >= 4 is 15.9 Å². The Balaban J connectivity index is 1.65. The lowest BCUT2D eigenvalue weighted by Gasteiger charge is -2.26. The van der Waals surface area contributed by atoms with Crippen LogP contribution >= 0.6 is 0 Å². The number of nitrogens with one attached hydrogen (secondary N) is 1. The molecule has 162 valence electrons. The smallest absolute Gasteiger partial charge is 0.262 e. The largest absolute Gasteiger partial charge is 0.349 e. The van der Waals surface area contributed by atoms with Crippen LogP contribution in [0, 0.1) is 6.92 Å². The Kier molecular flexibility index (Phi) is 5.88. The second-order valence-corrected chi connectivity index (χ2v) is 10.0. The van der Waals surface area contributed by atoms with Crippen molar-refractivity contribution in [2.75, 3.05) is 6.54 Å². The van der Waals surface area contributed by atoms with Crippen molar-refractivity contribution in [3.05, 3.63) is 35.8 Å². The molecule has 1 N–H and O–H groups in total. The highest BCUT2D eigenvalue weighted by Gasteiger charge is 2.40. The summed E-state index contributed by atoms with van der Waals surface area (Å²) in [5, 5.41) is 3.11. The van der Waals surface area contributed by atoms with E-state index in [1.807, 2.05) is 0 Å². The number of sulfonamides is 1. The van der Waals surface area contributed by atoms with Gasteiger partial charge in [-0.15, -0.1) is 0 Å². The molecule has 0 aromatic carbocycles. The van der Waals surface area contributed by atoms with Crippen LogP contribution in [0.25, 0.3) is 0 Å². The van der Waals surface area contributed by atoms with Gasteiger partial charge in [0.15, 0.2) is 5.03 Å². The summed E-state index contributed by atoms with van der Waals surface area (Å²) in [7, 11) is -2.06. The lowest BCUT2D eigenvalue weighted by atomic mass is 9.95. The highest BCUT2D eigenvalue weighted by Crippen LogP contribution is 2.36. The van der Waals surface area contributed by atoms with Gasteiger partial charge in [-0.1, -0.05) is 19.3 Å². The molecule has 10 heteroatoms. The molecule has 2 fully saturated rings. The lowest BCUT2D eigenvalue weighted by Crippen LogP contribution is -2.38. The van der Waals surface area contributed by atoms with Gasteiger partial charge >= 0.3 is 0 Å². The second kappa shape index (κ2) is 8.43. The maximum atomic E-state index is 13.2. The van der Waals surface area contributed by atoms with E-state index in [0.29, 0.717) is 36.5 Å². The average Bonchev–Trinajstić information content (AvgIpc) is 3.38. The summed E-state index contributed by atoms with van der Waals surface area (Å²) in [6.07, 6.45) is 11.2. The maximum absolute atomic E-state index is 13.2. The lowest BCUT2D eigenvalue weighted by molar-refractivity contribution is 0.0924. The van der Waals surface area contributed by atoms with Crippen LogP contribution in [0.3, 0.4) is 0 Å². The summed E-state index contributed by atoms with van der Waals surface area (Å²) < 4.78 is 29.5. The number of carbonyl (C=O) groups excluding carboxylic acids is 1. The van der Waals surface area contributed by atoms with E-state index in [0.717, 1.165) is 25.7 Å². The number of amides is 1. The summed E-state index contributed by atoms with van der Waals surface area (Å²) in [5.74, 6) is 0.292. The van der Waals surface area contributed by atoms with Crippen molar-refractivity contribution < 1.29 is 13.2 Å². The Labute approximate surface area is 177 Å². The van der Waals surface area contributed by atoms with Gasteiger partial charge in [0.2, 0.25) is 0 Å². The normalized spacial score (nSPS) is 21.1. The van der Waals surface area contributed by atoms with E-state index >= 15 is 0 Å². The summed E-state index contributed by atoms with van der Waals surface area (Å²) in [4.78, 5) is 25.8. The van der Waals surface area contributed by atoms with Gasteiger partial charge in [0.25, 0.3) is 15.9 Å². The van der Waals surface area contributed by atoms with Crippen LogP contribution in [0.5, 0.6) is 0 Å². The van der Waals surface area contributed by atoms with E-state index in [4.69, 9.17) is 0 Å². The molecule has 1 amide bonds. The Morgan fingerprint density at radius 3 is 2.60 bits per heavy atom. The minimum absolute atomic E-state index is 0.0101. The van der Waals surface area contributed by atoms with E-state index in [-0.39, 0.29) is 17.0 Å². The fourth-order valence-corrected chi connectivity index (χ4v) is 6.00. The third-order valence-corrected chi connectivity index (χ3v) is 7.69. The minimum atomic E-state index is -3.79. The van der Waals surface area contributed by atoms with Crippen molar-refractivity contribution in [1.82, 2.24) is 29.1 Å². The Bertz CT molecular complexity index is 1030. The number of aromatic nitrogens is 4. The van der Waals surface area contributed by atoms with E-state index in [1.54, 1.807) is 18.5 Å². The third kappa shape index (κ3) is 4.11. The number of nitrogens with zero attached hydrogens (tertiary/aromatic N) is 5. The number of hydrogen-bond donors (Lipinski definition) is 1. The number of hydrogen-bond acceptors (Lipinski definition) is 6. The SMILES string of the molecule is Cc1ncc(C(=O)NC2CCCCC2)c([C@H]2CCCN2S(=O)(=O)c2cn(C)cn2)n1. The zero-order chi connectivity index (χ0) is 21.3. The number of carbonyl (C=O) groups is 1. The first kappa shape index (κ1) is 20.9. The van der Waals surface area contributed by atoms with Crippen molar-refractivity contribution in [2.24, 2.45) is 7.05 Å². The van der Waals surface area contributed by atoms with E-state index < -0.39 is 16.1 Å². The van der Waals surface area contributed by atoms with Gasteiger partial charge in [-0.3, -0.25) is 4.79 Å². The van der Waals surface area contributed by atoms with Gasteiger partial charge in [0.1, 0.15) is 5.82 Å².